The molecule has 0 spiro atoms. The molecule has 0 aliphatic heterocycles. The van der Waals surface area contributed by atoms with Crippen LogP contribution < -0.4 is 0 Å². The topological polar surface area (TPSA) is 14.1 Å². The molecular weight excluding hydrogens is 234 g/mol. The van der Waals surface area contributed by atoms with Gasteiger partial charge in [0.2, 0.25) is 0 Å². The predicted molar refractivity (Wildman–Crippen MR) is 21.6 cm³/mol. The molecule has 0 saturated heterocycles. The minimum Gasteiger partial charge on any atom is -0.668 e. The van der Waals surface area contributed by atoms with E-state index < -0.39 is 0 Å². The van der Waals surface area contributed by atoms with Gasteiger partial charge in [-0.3, -0.25) is 0 Å². The van der Waals surface area contributed by atoms with Crippen LogP contribution >= 0.6 is 0 Å². The van der Waals surface area contributed by atoms with E-state index in [0.717, 1.165) is 0 Å². The van der Waals surface area contributed by atoms with Crippen LogP contribution in [0.2, 0.25) is 0 Å². The second kappa shape index (κ2) is 22.8. The van der Waals surface area contributed by atoms with Gasteiger partial charge in [-0.1, -0.05) is 0 Å². The standard InChI is InChI=1S/C2H6N.CH3.W/c1-3-2;;/h1-2H3;1H3;/q2*-1;+2. The number of hydrogen-bond acceptors (Lipinski definition) is 0. The molecule has 0 aliphatic rings. The van der Waals surface area contributed by atoms with Crippen LogP contribution in [0, 0.1) is 7.43 Å². The van der Waals surface area contributed by atoms with Gasteiger partial charge >= 0.3 is 21.1 Å². The Labute approximate surface area is 48.4 Å². The summed E-state index contributed by atoms with van der Waals surface area (Å²) < 4.78 is 0. The Bertz CT molecular complexity index is 6.85. The Hall–Kier alpha value is 0.648. The molecule has 0 bridgehead atoms. The van der Waals surface area contributed by atoms with Gasteiger partial charge in [0.1, 0.15) is 0 Å². The van der Waals surface area contributed by atoms with Crippen molar-refractivity contribution in [1.29, 1.82) is 0 Å². The molecule has 0 rings (SSSR count). The Kier molecular flexibility index (Phi) is 79.3. The van der Waals surface area contributed by atoms with Gasteiger partial charge in [-0.2, -0.15) is 14.1 Å². The van der Waals surface area contributed by atoms with Crippen LogP contribution in [-0.2, 0) is 21.1 Å². The molecule has 0 aromatic rings. The van der Waals surface area contributed by atoms with Gasteiger partial charge in [-0.05, 0) is 0 Å². The molecule has 0 aliphatic carbocycles. The normalized spacial score (nSPS) is 3.60. The maximum atomic E-state index is 3.50. The third-order valence-electron chi connectivity index (χ3n) is 0. The number of hydrogen-bond donors (Lipinski definition) is 0. The first kappa shape index (κ1) is 17.4. The van der Waals surface area contributed by atoms with Crippen molar-refractivity contribution < 1.29 is 21.1 Å². The van der Waals surface area contributed by atoms with Crippen molar-refractivity contribution in [2.75, 3.05) is 14.1 Å². The van der Waals surface area contributed by atoms with Crippen molar-refractivity contribution in [2.45, 2.75) is 0 Å². The molecule has 0 unspecified atom stereocenters. The first-order valence-electron chi connectivity index (χ1n) is 0.894. The maximum Gasteiger partial charge on any atom is 2.00 e. The summed E-state index contributed by atoms with van der Waals surface area (Å²) in [5.41, 5.74) is 0. The molecule has 32 valence electrons. The van der Waals surface area contributed by atoms with Gasteiger partial charge < -0.3 is 12.7 Å². The van der Waals surface area contributed by atoms with Crippen molar-refractivity contribution in [3.8, 4) is 0 Å². The van der Waals surface area contributed by atoms with Crippen molar-refractivity contribution in [2.24, 2.45) is 0 Å². The largest absolute Gasteiger partial charge is 2.00 e. The molecule has 0 N–H and O–H groups in total. The van der Waals surface area contributed by atoms with Gasteiger partial charge in [0.05, 0.1) is 0 Å². The summed E-state index contributed by atoms with van der Waals surface area (Å²) in [7, 11) is 3.50. The Morgan fingerprint density at radius 3 is 1.20 bits per heavy atom. The zero-order valence-electron chi connectivity index (χ0n) is 3.86. The summed E-state index contributed by atoms with van der Waals surface area (Å²) in [6.45, 7) is 0. The minimum atomic E-state index is 0. The maximum absolute atomic E-state index is 3.50. The van der Waals surface area contributed by atoms with Crippen LogP contribution in [0.5, 0.6) is 0 Å². The van der Waals surface area contributed by atoms with Gasteiger partial charge in [0, 0.05) is 0 Å². The van der Waals surface area contributed by atoms with Crippen LogP contribution in [0.25, 0.3) is 5.32 Å². The second-order valence-corrected chi connectivity index (χ2v) is 0.447. The molecule has 1 nitrogen and oxygen atoms in total. The van der Waals surface area contributed by atoms with E-state index in [1.807, 2.05) is 0 Å². The molecular formula is C3H9NW. The molecule has 2 heteroatoms. The molecule has 0 heterocycles. The van der Waals surface area contributed by atoms with Crippen LogP contribution in [-0.4, -0.2) is 14.1 Å². The Morgan fingerprint density at radius 2 is 1.20 bits per heavy atom. The zero-order valence-corrected chi connectivity index (χ0v) is 6.79. The van der Waals surface area contributed by atoms with Crippen LogP contribution in [0.15, 0.2) is 0 Å². The van der Waals surface area contributed by atoms with Crippen LogP contribution in [0.3, 0.4) is 0 Å². The quantitative estimate of drug-likeness (QED) is 0.565. The predicted octanol–water partition coefficient (Wildman–Crippen LogP) is 1.07. The van der Waals surface area contributed by atoms with E-state index >= 15 is 0 Å². The van der Waals surface area contributed by atoms with Gasteiger partial charge in [0.15, 0.2) is 0 Å². The summed E-state index contributed by atoms with van der Waals surface area (Å²) in [5, 5.41) is 3.50. The Morgan fingerprint density at radius 1 is 1.20 bits per heavy atom. The van der Waals surface area contributed by atoms with Gasteiger partial charge in [0.25, 0.3) is 0 Å². The monoisotopic (exact) mass is 243 g/mol. The molecule has 0 radical (unpaired) electrons. The van der Waals surface area contributed by atoms with E-state index in [9.17, 15) is 0 Å². The summed E-state index contributed by atoms with van der Waals surface area (Å²) in [5.74, 6) is 0. The molecule has 0 fully saturated rings. The summed E-state index contributed by atoms with van der Waals surface area (Å²) >= 11 is 0. The van der Waals surface area contributed by atoms with Crippen LogP contribution in [0.1, 0.15) is 0 Å². The van der Waals surface area contributed by atoms with Crippen molar-refractivity contribution in [3.05, 3.63) is 12.7 Å². The first-order valence-corrected chi connectivity index (χ1v) is 0.894. The second-order valence-electron chi connectivity index (χ2n) is 0.447. The van der Waals surface area contributed by atoms with Crippen LogP contribution in [0.4, 0.5) is 0 Å². The summed E-state index contributed by atoms with van der Waals surface area (Å²) in [6.07, 6.45) is 0. The molecule has 0 atom stereocenters. The van der Waals surface area contributed by atoms with E-state index in [1.54, 1.807) is 14.1 Å². The average molecular weight is 243 g/mol. The SMILES string of the molecule is C[N-]C.[CH3-].[W+2]. The zero-order chi connectivity index (χ0) is 2.71. The van der Waals surface area contributed by atoms with E-state index in [0.29, 0.717) is 0 Å². The van der Waals surface area contributed by atoms with E-state index in [-0.39, 0.29) is 28.5 Å². The molecule has 0 aromatic heterocycles. The van der Waals surface area contributed by atoms with Crippen molar-refractivity contribution in [1.82, 2.24) is 0 Å². The van der Waals surface area contributed by atoms with Crippen molar-refractivity contribution >= 4 is 0 Å². The van der Waals surface area contributed by atoms with Gasteiger partial charge in [-0.25, -0.2) is 0 Å². The average Bonchev–Trinajstić information content (AvgIpc) is 0.918. The fourth-order valence-electron chi connectivity index (χ4n) is 0. The number of nitrogens with zero attached hydrogens (tertiary/aromatic N) is 1. The van der Waals surface area contributed by atoms with Crippen molar-refractivity contribution in [3.63, 3.8) is 0 Å². The first-order chi connectivity index (χ1) is 1.41. The van der Waals surface area contributed by atoms with Gasteiger partial charge in [-0.15, -0.1) is 0 Å². The third kappa shape index (κ3) is 77.6. The molecule has 5 heavy (non-hydrogen) atoms. The number of rotatable bonds is 0. The van der Waals surface area contributed by atoms with E-state index in [4.69, 9.17) is 0 Å². The van der Waals surface area contributed by atoms with E-state index in [2.05, 4.69) is 5.32 Å². The smallest absolute Gasteiger partial charge is 0.668 e. The molecule has 0 amide bonds. The third-order valence-corrected chi connectivity index (χ3v) is 0. The molecule has 0 saturated carbocycles. The fourth-order valence-corrected chi connectivity index (χ4v) is 0. The Balaban J connectivity index is -0.0000000200. The fraction of sp³-hybridized carbons (Fsp3) is 0.667. The summed E-state index contributed by atoms with van der Waals surface area (Å²) in [4.78, 5) is 0. The summed E-state index contributed by atoms with van der Waals surface area (Å²) in [6, 6.07) is 0. The molecule has 0 aromatic carbocycles. The van der Waals surface area contributed by atoms with E-state index in [1.165, 1.54) is 0 Å². The minimum absolute atomic E-state index is 0.